The third-order valence-electron chi connectivity index (χ3n) is 6.41. The number of hydrogen-bond donors (Lipinski definition) is 1. The van der Waals surface area contributed by atoms with Gasteiger partial charge in [0.15, 0.2) is 0 Å². The molecule has 6 heteroatoms. The van der Waals surface area contributed by atoms with E-state index < -0.39 is 0 Å². The summed E-state index contributed by atoms with van der Waals surface area (Å²) in [6.07, 6.45) is 1.90. The molecular formula is C24H28N4O2. The van der Waals surface area contributed by atoms with E-state index in [1.165, 1.54) is 11.3 Å². The highest BCUT2D eigenvalue weighted by Crippen LogP contribution is 2.32. The van der Waals surface area contributed by atoms with Gasteiger partial charge >= 0.3 is 0 Å². The zero-order valence-corrected chi connectivity index (χ0v) is 17.4. The van der Waals surface area contributed by atoms with E-state index in [2.05, 4.69) is 50.4 Å². The van der Waals surface area contributed by atoms with Crippen molar-refractivity contribution in [1.82, 2.24) is 4.90 Å². The molecule has 2 aromatic carbocycles. The first-order valence-electron chi connectivity index (χ1n) is 10.8. The Bertz CT molecular complexity index is 962. The Morgan fingerprint density at radius 1 is 1.10 bits per heavy atom. The van der Waals surface area contributed by atoms with Crippen molar-refractivity contribution < 1.29 is 9.53 Å². The molecule has 1 amide bonds. The second kappa shape index (κ2) is 8.11. The van der Waals surface area contributed by atoms with Crippen LogP contribution in [0.25, 0.3) is 0 Å². The van der Waals surface area contributed by atoms with Crippen molar-refractivity contribution in [3.05, 3.63) is 53.6 Å². The van der Waals surface area contributed by atoms with Gasteiger partial charge in [-0.15, -0.1) is 0 Å². The van der Waals surface area contributed by atoms with Crippen LogP contribution in [0.3, 0.4) is 0 Å². The highest BCUT2D eigenvalue weighted by atomic mass is 16.5. The number of anilines is 2. The normalized spacial score (nSPS) is 21.4. The van der Waals surface area contributed by atoms with E-state index in [1.807, 2.05) is 12.1 Å². The van der Waals surface area contributed by atoms with Crippen molar-refractivity contribution in [3.8, 4) is 5.75 Å². The standard InChI is InChI=1S/C24H28N4O2/c1-30-19-7-5-18(6-8-19)28-13-11-27(12-14-28)16-17-4-9-20-22(15-17)26-24(29)21-3-2-10-25-23(20)21/h4-9,15,21H,2-3,10-14,16H2,1H3,(H,26,29). The lowest BCUT2D eigenvalue weighted by molar-refractivity contribution is -0.118. The van der Waals surface area contributed by atoms with Gasteiger partial charge in [-0.05, 0) is 48.7 Å². The highest BCUT2D eigenvalue weighted by Gasteiger charge is 2.33. The molecule has 2 aromatic rings. The Morgan fingerprint density at radius 3 is 2.67 bits per heavy atom. The second-order valence-corrected chi connectivity index (χ2v) is 8.29. The minimum atomic E-state index is -0.0665. The summed E-state index contributed by atoms with van der Waals surface area (Å²) in [6, 6.07) is 14.8. The van der Waals surface area contributed by atoms with Gasteiger partial charge in [0.2, 0.25) is 5.91 Å². The third-order valence-corrected chi connectivity index (χ3v) is 6.41. The number of piperazine rings is 1. The lowest BCUT2D eigenvalue weighted by atomic mass is 9.85. The van der Waals surface area contributed by atoms with Crippen molar-refractivity contribution in [1.29, 1.82) is 0 Å². The molecule has 3 aliphatic heterocycles. The van der Waals surface area contributed by atoms with Gasteiger partial charge in [0.25, 0.3) is 0 Å². The van der Waals surface area contributed by atoms with Crippen LogP contribution in [0.1, 0.15) is 24.0 Å². The summed E-state index contributed by atoms with van der Waals surface area (Å²) in [5.41, 5.74) is 5.50. The van der Waals surface area contributed by atoms with Gasteiger partial charge in [-0.3, -0.25) is 14.7 Å². The maximum Gasteiger partial charge on any atom is 0.233 e. The molecule has 0 aromatic heterocycles. The highest BCUT2D eigenvalue weighted by molar-refractivity contribution is 6.23. The Morgan fingerprint density at radius 2 is 1.90 bits per heavy atom. The fourth-order valence-electron chi connectivity index (χ4n) is 4.72. The van der Waals surface area contributed by atoms with E-state index >= 15 is 0 Å². The summed E-state index contributed by atoms with van der Waals surface area (Å²) in [6.45, 7) is 5.78. The minimum Gasteiger partial charge on any atom is -0.497 e. The van der Waals surface area contributed by atoms with Gasteiger partial charge in [0.05, 0.1) is 24.4 Å². The Balaban J connectivity index is 1.24. The van der Waals surface area contributed by atoms with Gasteiger partial charge in [0, 0.05) is 50.5 Å². The maximum absolute atomic E-state index is 12.5. The molecule has 1 saturated heterocycles. The zero-order valence-electron chi connectivity index (χ0n) is 17.4. The molecule has 3 heterocycles. The van der Waals surface area contributed by atoms with Crippen molar-refractivity contribution in [2.75, 3.05) is 50.1 Å². The molecule has 0 saturated carbocycles. The van der Waals surface area contributed by atoms with Gasteiger partial charge in [-0.1, -0.05) is 12.1 Å². The SMILES string of the molecule is COc1ccc(N2CCN(Cc3ccc4c(c3)NC(=O)C3CCCN=C43)CC2)cc1. The number of hydrogen-bond acceptors (Lipinski definition) is 5. The number of carbonyl (C=O) groups is 1. The topological polar surface area (TPSA) is 57.2 Å². The summed E-state index contributed by atoms with van der Waals surface area (Å²) in [4.78, 5) is 22.1. The van der Waals surface area contributed by atoms with Gasteiger partial charge in [0.1, 0.15) is 5.75 Å². The average molecular weight is 405 g/mol. The molecule has 1 unspecified atom stereocenters. The number of fused-ring (bicyclic) bond motifs is 3. The molecule has 6 nitrogen and oxygen atoms in total. The first kappa shape index (κ1) is 19.1. The van der Waals surface area contributed by atoms with E-state index in [-0.39, 0.29) is 11.8 Å². The predicted octanol–water partition coefficient (Wildman–Crippen LogP) is 3.17. The summed E-state index contributed by atoms with van der Waals surface area (Å²) in [5, 5.41) is 3.12. The molecular weight excluding hydrogens is 376 g/mol. The summed E-state index contributed by atoms with van der Waals surface area (Å²) < 4.78 is 5.26. The average Bonchev–Trinajstić information content (AvgIpc) is 2.80. The van der Waals surface area contributed by atoms with E-state index in [0.29, 0.717) is 0 Å². The molecule has 0 bridgehead atoms. The lowest BCUT2D eigenvalue weighted by Crippen LogP contribution is -2.46. The van der Waals surface area contributed by atoms with Crippen LogP contribution >= 0.6 is 0 Å². The molecule has 1 N–H and O–H groups in total. The minimum absolute atomic E-state index is 0.0665. The number of carbonyl (C=O) groups excluding carboxylic acids is 1. The molecule has 5 rings (SSSR count). The summed E-state index contributed by atoms with van der Waals surface area (Å²) in [7, 11) is 1.70. The van der Waals surface area contributed by atoms with Crippen LogP contribution in [0.15, 0.2) is 47.5 Å². The van der Waals surface area contributed by atoms with E-state index in [1.54, 1.807) is 7.11 Å². The Hall–Kier alpha value is -2.86. The zero-order chi connectivity index (χ0) is 20.5. The van der Waals surface area contributed by atoms with Crippen LogP contribution in [0, 0.1) is 5.92 Å². The quantitative estimate of drug-likeness (QED) is 0.851. The van der Waals surface area contributed by atoms with E-state index in [0.717, 1.165) is 74.8 Å². The molecule has 0 aliphatic carbocycles. The predicted molar refractivity (Wildman–Crippen MR) is 120 cm³/mol. The van der Waals surface area contributed by atoms with Gasteiger partial charge in [-0.25, -0.2) is 0 Å². The van der Waals surface area contributed by atoms with Crippen molar-refractivity contribution in [2.24, 2.45) is 10.9 Å². The molecule has 1 atom stereocenters. The number of rotatable bonds is 4. The first-order valence-corrected chi connectivity index (χ1v) is 10.8. The van der Waals surface area contributed by atoms with Gasteiger partial charge < -0.3 is 15.0 Å². The van der Waals surface area contributed by atoms with Crippen molar-refractivity contribution in [2.45, 2.75) is 19.4 Å². The second-order valence-electron chi connectivity index (χ2n) is 8.29. The number of aliphatic imine (C=N–C) groups is 1. The molecule has 1 fully saturated rings. The third kappa shape index (κ3) is 3.67. The number of amides is 1. The fourth-order valence-corrected chi connectivity index (χ4v) is 4.72. The molecule has 3 aliphatic rings. The molecule has 30 heavy (non-hydrogen) atoms. The molecule has 0 spiro atoms. The number of ether oxygens (including phenoxy) is 1. The van der Waals surface area contributed by atoms with Crippen LogP contribution in [0.2, 0.25) is 0 Å². The smallest absolute Gasteiger partial charge is 0.233 e. The van der Waals surface area contributed by atoms with Crippen molar-refractivity contribution >= 4 is 23.0 Å². The monoisotopic (exact) mass is 404 g/mol. The van der Waals surface area contributed by atoms with Gasteiger partial charge in [-0.2, -0.15) is 0 Å². The largest absolute Gasteiger partial charge is 0.497 e. The number of nitrogens with one attached hydrogen (secondary N) is 1. The Kier molecular flexibility index (Phi) is 5.17. The lowest BCUT2D eigenvalue weighted by Gasteiger charge is -2.36. The maximum atomic E-state index is 12.5. The first-order chi connectivity index (χ1) is 14.7. The summed E-state index contributed by atoms with van der Waals surface area (Å²) >= 11 is 0. The fraction of sp³-hybridized carbons (Fsp3) is 0.417. The summed E-state index contributed by atoms with van der Waals surface area (Å²) in [5.74, 6) is 0.928. The number of benzene rings is 2. The number of methoxy groups -OCH3 is 1. The van der Waals surface area contributed by atoms with Crippen LogP contribution in [-0.4, -0.2) is 56.4 Å². The van der Waals surface area contributed by atoms with Crippen LogP contribution in [-0.2, 0) is 11.3 Å². The van der Waals surface area contributed by atoms with Crippen molar-refractivity contribution in [3.63, 3.8) is 0 Å². The Labute approximate surface area is 177 Å². The van der Waals surface area contributed by atoms with E-state index in [9.17, 15) is 4.79 Å². The van der Waals surface area contributed by atoms with Crippen LogP contribution in [0.5, 0.6) is 5.75 Å². The molecule has 156 valence electrons. The van der Waals surface area contributed by atoms with E-state index in [4.69, 9.17) is 4.74 Å². The van der Waals surface area contributed by atoms with Crippen LogP contribution < -0.4 is 15.0 Å². The number of nitrogens with zero attached hydrogens (tertiary/aromatic N) is 3. The molecule has 0 radical (unpaired) electrons. The van der Waals surface area contributed by atoms with Crippen LogP contribution in [0.4, 0.5) is 11.4 Å².